The summed E-state index contributed by atoms with van der Waals surface area (Å²) in [5.74, 6) is 0.661. The van der Waals surface area contributed by atoms with Crippen LogP contribution >= 0.6 is 11.3 Å². The van der Waals surface area contributed by atoms with Crippen molar-refractivity contribution in [3.8, 4) is 0 Å². The number of hydrogen-bond donors (Lipinski definition) is 2. The number of rotatable bonds is 7. The zero-order valence-electron chi connectivity index (χ0n) is 15.0. The number of amides is 1. The predicted molar refractivity (Wildman–Crippen MR) is 97.8 cm³/mol. The predicted octanol–water partition coefficient (Wildman–Crippen LogP) is 3.23. The van der Waals surface area contributed by atoms with E-state index in [9.17, 15) is 9.59 Å². The first-order valence-corrected chi connectivity index (χ1v) is 9.56. The lowest BCUT2D eigenvalue weighted by atomic mass is 9.88. The van der Waals surface area contributed by atoms with Gasteiger partial charge in [0.15, 0.2) is 0 Å². The zero-order valence-corrected chi connectivity index (χ0v) is 15.8. The second-order valence-corrected chi connectivity index (χ2v) is 7.95. The molecule has 0 saturated heterocycles. The Labute approximate surface area is 148 Å². The molecule has 0 spiro atoms. The summed E-state index contributed by atoms with van der Waals surface area (Å²) in [4.78, 5) is 25.8. The lowest BCUT2D eigenvalue weighted by molar-refractivity contribution is -0.115. The molecule has 0 bridgehead atoms. The highest BCUT2D eigenvalue weighted by Crippen LogP contribution is 2.40. The first kappa shape index (κ1) is 18.9. The second-order valence-electron chi connectivity index (χ2n) is 6.85. The molecular formula is C18H28N2O3S. The molecule has 5 nitrogen and oxygen atoms in total. The van der Waals surface area contributed by atoms with E-state index >= 15 is 0 Å². The van der Waals surface area contributed by atoms with Gasteiger partial charge in [0, 0.05) is 4.88 Å². The van der Waals surface area contributed by atoms with Crippen molar-refractivity contribution >= 4 is 28.2 Å². The number of carbonyl (C=O) groups is 2. The van der Waals surface area contributed by atoms with Crippen molar-refractivity contribution in [2.75, 3.05) is 25.0 Å². The molecule has 1 aromatic heterocycles. The van der Waals surface area contributed by atoms with Crippen LogP contribution in [-0.2, 0) is 22.4 Å². The lowest BCUT2D eigenvalue weighted by Crippen LogP contribution is -2.30. The third-order valence-electron chi connectivity index (χ3n) is 4.08. The Morgan fingerprint density at radius 3 is 2.79 bits per heavy atom. The van der Waals surface area contributed by atoms with Crippen LogP contribution in [-0.4, -0.2) is 31.6 Å². The highest BCUT2D eigenvalue weighted by molar-refractivity contribution is 7.17. The summed E-state index contributed by atoms with van der Waals surface area (Å²) in [6.07, 6.45) is 2.91. The van der Waals surface area contributed by atoms with Crippen molar-refractivity contribution in [1.29, 1.82) is 0 Å². The van der Waals surface area contributed by atoms with Crippen molar-refractivity contribution in [3.05, 3.63) is 16.0 Å². The molecule has 0 saturated carbocycles. The standard InChI is InChI=1S/C18H28N2O3S/c1-5-23-18(22)16-13-7-6-12(4)8-14(13)24-17(16)20-15(21)10-19-9-11(2)3/h11-12,19H,5-10H2,1-4H3,(H,20,21). The van der Waals surface area contributed by atoms with Gasteiger partial charge in [0.1, 0.15) is 5.00 Å². The molecule has 134 valence electrons. The fraction of sp³-hybridized carbons (Fsp3) is 0.667. The fourth-order valence-electron chi connectivity index (χ4n) is 2.90. The van der Waals surface area contributed by atoms with Crippen LogP contribution in [0.5, 0.6) is 0 Å². The molecule has 24 heavy (non-hydrogen) atoms. The van der Waals surface area contributed by atoms with E-state index in [0.29, 0.717) is 29.0 Å². The van der Waals surface area contributed by atoms with E-state index in [0.717, 1.165) is 31.4 Å². The second kappa shape index (κ2) is 8.62. The maximum atomic E-state index is 12.4. The van der Waals surface area contributed by atoms with Gasteiger partial charge in [-0.2, -0.15) is 0 Å². The smallest absolute Gasteiger partial charge is 0.341 e. The van der Waals surface area contributed by atoms with Crippen molar-refractivity contribution in [2.24, 2.45) is 11.8 Å². The van der Waals surface area contributed by atoms with Crippen LogP contribution in [0.1, 0.15) is 54.9 Å². The zero-order chi connectivity index (χ0) is 17.7. The Kier molecular flexibility index (Phi) is 6.80. The molecule has 1 aliphatic carbocycles. The van der Waals surface area contributed by atoms with Crippen molar-refractivity contribution < 1.29 is 14.3 Å². The summed E-state index contributed by atoms with van der Waals surface area (Å²) >= 11 is 1.53. The topological polar surface area (TPSA) is 67.4 Å². The number of thiophene rings is 1. The van der Waals surface area contributed by atoms with Gasteiger partial charge < -0.3 is 15.4 Å². The summed E-state index contributed by atoms with van der Waals surface area (Å²) in [5, 5.41) is 6.68. The number of esters is 1. The van der Waals surface area contributed by atoms with E-state index in [1.54, 1.807) is 6.92 Å². The third kappa shape index (κ3) is 4.80. The molecule has 1 aliphatic rings. The quantitative estimate of drug-likeness (QED) is 0.739. The molecule has 1 atom stereocenters. The summed E-state index contributed by atoms with van der Waals surface area (Å²) in [6.45, 7) is 9.59. The maximum Gasteiger partial charge on any atom is 0.341 e. The van der Waals surface area contributed by atoms with Gasteiger partial charge in [-0.1, -0.05) is 20.8 Å². The third-order valence-corrected chi connectivity index (χ3v) is 5.25. The van der Waals surface area contributed by atoms with Crippen LogP contribution in [0.15, 0.2) is 0 Å². The minimum Gasteiger partial charge on any atom is -0.462 e. The maximum absolute atomic E-state index is 12.4. The van der Waals surface area contributed by atoms with E-state index in [1.165, 1.54) is 16.2 Å². The Balaban J connectivity index is 2.15. The Morgan fingerprint density at radius 1 is 1.38 bits per heavy atom. The van der Waals surface area contributed by atoms with Crippen molar-refractivity contribution in [2.45, 2.75) is 47.0 Å². The van der Waals surface area contributed by atoms with Gasteiger partial charge in [-0.3, -0.25) is 4.79 Å². The van der Waals surface area contributed by atoms with E-state index in [2.05, 4.69) is 31.4 Å². The van der Waals surface area contributed by atoms with E-state index in [4.69, 9.17) is 4.74 Å². The minimum atomic E-state index is -0.324. The molecule has 2 N–H and O–H groups in total. The number of carbonyl (C=O) groups excluding carboxylic acids is 2. The van der Waals surface area contributed by atoms with Gasteiger partial charge in [0.05, 0.1) is 18.7 Å². The van der Waals surface area contributed by atoms with Gasteiger partial charge in [-0.05, 0) is 50.1 Å². The Bertz CT molecular complexity index is 595. The molecular weight excluding hydrogens is 324 g/mol. The van der Waals surface area contributed by atoms with Crippen molar-refractivity contribution in [1.82, 2.24) is 5.32 Å². The van der Waals surface area contributed by atoms with Crippen molar-refractivity contribution in [3.63, 3.8) is 0 Å². The van der Waals surface area contributed by atoms with Crippen LogP contribution < -0.4 is 10.6 Å². The van der Waals surface area contributed by atoms with Crippen LogP contribution in [0.3, 0.4) is 0 Å². The Morgan fingerprint density at radius 2 is 2.12 bits per heavy atom. The van der Waals surface area contributed by atoms with Crippen LogP contribution in [0.25, 0.3) is 0 Å². The molecule has 1 aromatic rings. The highest BCUT2D eigenvalue weighted by atomic mass is 32.1. The molecule has 0 aliphatic heterocycles. The monoisotopic (exact) mass is 352 g/mol. The van der Waals surface area contributed by atoms with Gasteiger partial charge in [0.2, 0.25) is 5.91 Å². The summed E-state index contributed by atoms with van der Waals surface area (Å²) in [6, 6.07) is 0. The van der Waals surface area contributed by atoms with Gasteiger partial charge in [-0.15, -0.1) is 11.3 Å². The molecule has 1 amide bonds. The van der Waals surface area contributed by atoms with Crippen LogP contribution in [0, 0.1) is 11.8 Å². The Hall–Kier alpha value is -1.40. The fourth-order valence-corrected chi connectivity index (χ4v) is 4.32. The number of ether oxygens (including phenoxy) is 1. The van der Waals surface area contributed by atoms with E-state index in [1.807, 2.05) is 0 Å². The average Bonchev–Trinajstić information content (AvgIpc) is 2.83. The normalized spacial score (nSPS) is 16.8. The molecule has 1 unspecified atom stereocenters. The minimum absolute atomic E-state index is 0.118. The van der Waals surface area contributed by atoms with Gasteiger partial charge >= 0.3 is 5.97 Å². The SMILES string of the molecule is CCOC(=O)c1c(NC(=O)CNCC(C)C)sc2c1CCC(C)C2. The van der Waals surface area contributed by atoms with E-state index in [-0.39, 0.29) is 18.4 Å². The molecule has 1 heterocycles. The molecule has 0 radical (unpaired) electrons. The molecule has 2 rings (SSSR count). The first-order chi connectivity index (χ1) is 11.4. The van der Waals surface area contributed by atoms with Crippen LogP contribution in [0.4, 0.5) is 5.00 Å². The number of nitrogens with one attached hydrogen (secondary N) is 2. The van der Waals surface area contributed by atoms with Gasteiger partial charge in [0.25, 0.3) is 0 Å². The average molecular weight is 353 g/mol. The molecule has 6 heteroatoms. The van der Waals surface area contributed by atoms with Crippen LogP contribution in [0.2, 0.25) is 0 Å². The summed E-state index contributed by atoms with van der Waals surface area (Å²) in [5.41, 5.74) is 1.64. The first-order valence-electron chi connectivity index (χ1n) is 8.74. The van der Waals surface area contributed by atoms with Gasteiger partial charge in [-0.25, -0.2) is 4.79 Å². The molecule has 0 fully saturated rings. The number of fused-ring (bicyclic) bond motifs is 1. The largest absolute Gasteiger partial charge is 0.462 e. The number of anilines is 1. The number of hydrogen-bond acceptors (Lipinski definition) is 5. The molecule has 0 aromatic carbocycles. The highest BCUT2D eigenvalue weighted by Gasteiger charge is 2.29. The van der Waals surface area contributed by atoms with E-state index < -0.39 is 0 Å². The summed E-state index contributed by atoms with van der Waals surface area (Å²) < 4.78 is 5.21. The summed E-state index contributed by atoms with van der Waals surface area (Å²) in [7, 11) is 0. The lowest BCUT2D eigenvalue weighted by Gasteiger charge is -2.18.